The predicted octanol–water partition coefficient (Wildman–Crippen LogP) is 2.06. The molecule has 0 heteroatoms. The highest BCUT2D eigenvalue weighted by Crippen LogP contribution is 1.62. The van der Waals surface area contributed by atoms with Crippen molar-refractivity contribution in [1.29, 1.82) is 0 Å². The molecular formula is C6H12. The summed E-state index contributed by atoms with van der Waals surface area (Å²) in [6.45, 7) is 3.89. The van der Waals surface area contributed by atoms with Gasteiger partial charge in [0, 0.05) is 6.42 Å². The largest absolute Gasteiger partial charge is 0.107 e. The van der Waals surface area contributed by atoms with Crippen LogP contribution in [0.5, 0.6) is 0 Å². The molecule has 0 N–H and O–H groups in total. The third-order valence-electron chi connectivity index (χ3n) is 0.354. The number of rotatable bonds is 0. The molecular weight excluding hydrogens is 72.1 g/mol. The fourth-order valence-corrected chi connectivity index (χ4v) is 0.177. The zero-order valence-corrected chi connectivity index (χ0v) is 3.71. The van der Waals surface area contributed by atoms with E-state index in [9.17, 15) is 0 Å². The van der Waals surface area contributed by atoms with E-state index in [2.05, 4.69) is 11.8 Å². The molecule has 0 heterocycles. The molecule has 0 saturated heterocycles. The zero-order valence-electron chi connectivity index (χ0n) is 3.71. The maximum Gasteiger partial charge on any atom is 0.00601 e. The first kappa shape index (κ1) is 9.12. The lowest BCUT2D eigenvalue weighted by atomic mass is 10.5. The van der Waals surface area contributed by atoms with Crippen LogP contribution in [0.25, 0.3) is 0 Å². The first-order chi connectivity index (χ1) is 2.41. The lowest BCUT2D eigenvalue weighted by Gasteiger charge is -1.58. The highest BCUT2D eigenvalue weighted by Gasteiger charge is 1.48. The van der Waals surface area contributed by atoms with Crippen molar-refractivity contribution < 1.29 is 0 Å². The molecule has 0 aromatic rings. The number of hydrogen-bond donors (Lipinski definition) is 0. The zero-order chi connectivity index (χ0) is 4.12. The van der Waals surface area contributed by atoms with E-state index in [0.29, 0.717) is 0 Å². The highest BCUT2D eigenvalue weighted by molar-refractivity contribution is 4.92. The van der Waals surface area contributed by atoms with E-state index >= 15 is 0 Å². The standard InChI is InChI=1S/C5H8.CH4/c1-3-5-4-2;/h3H2,1-2H3;1H4. The quantitative estimate of drug-likeness (QED) is 0.394. The number of hydrogen-bond acceptors (Lipinski definition) is 0. The third-order valence-corrected chi connectivity index (χ3v) is 0.354. The summed E-state index contributed by atoms with van der Waals surface area (Å²) in [5.74, 6) is 5.63. The van der Waals surface area contributed by atoms with Crippen LogP contribution in [-0.4, -0.2) is 0 Å². The van der Waals surface area contributed by atoms with E-state index in [1.54, 1.807) is 0 Å². The molecule has 36 valence electrons. The summed E-state index contributed by atoms with van der Waals surface area (Å²) < 4.78 is 0. The van der Waals surface area contributed by atoms with Crippen molar-refractivity contribution in [3.8, 4) is 11.8 Å². The Hall–Kier alpha value is -0.440. The Morgan fingerprint density at radius 3 is 2.00 bits per heavy atom. The van der Waals surface area contributed by atoms with Gasteiger partial charge in [-0.1, -0.05) is 14.4 Å². The van der Waals surface area contributed by atoms with Crippen molar-refractivity contribution in [3.05, 3.63) is 0 Å². The Bertz CT molecular complexity index is 52.2. The summed E-state index contributed by atoms with van der Waals surface area (Å²) >= 11 is 0. The second-order valence-electron chi connectivity index (χ2n) is 0.780. The molecule has 0 aliphatic rings. The molecule has 0 aliphatic heterocycles. The summed E-state index contributed by atoms with van der Waals surface area (Å²) in [4.78, 5) is 0. The van der Waals surface area contributed by atoms with E-state index in [0.717, 1.165) is 6.42 Å². The monoisotopic (exact) mass is 84.1 g/mol. The fraction of sp³-hybridized carbons (Fsp3) is 0.667. The van der Waals surface area contributed by atoms with E-state index in [4.69, 9.17) is 0 Å². The van der Waals surface area contributed by atoms with Crippen LogP contribution >= 0.6 is 0 Å². The van der Waals surface area contributed by atoms with Crippen LogP contribution in [0.2, 0.25) is 0 Å². The summed E-state index contributed by atoms with van der Waals surface area (Å²) in [5.41, 5.74) is 0. The van der Waals surface area contributed by atoms with Gasteiger partial charge in [-0.05, 0) is 6.92 Å². The Morgan fingerprint density at radius 1 is 1.50 bits per heavy atom. The van der Waals surface area contributed by atoms with Crippen LogP contribution in [0.1, 0.15) is 27.7 Å². The van der Waals surface area contributed by atoms with Gasteiger partial charge in [-0.2, -0.15) is 0 Å². The molecule has 0 unspecified atom stereocenters. The lowest BCUT2D eigenvalue weighted by Crippen LogP contribution is -1.45. The molecule has 0 amide bonds. The Labute approximate surface area is 40.6 Å². The van der Waals surface area contributed by atoms with Gasteiger partial charge in [0.1, 0.15) is 0 Å². The second-order valence-corrected chi connectivity index (χ2v) is 0.780. The maximum atomic E-state index is 2.86. The molecule has 6 heavy (non-hydrogen) atoms. The Morgan fingerprint density at radius 2 is 2.00 bits per heavy atom. The van der Waals surface area contributed by atoms with Crippen molar-refractivity contribution in [2.45, 2.75) is 27.7 Å². The summed E-state index contributed by atoms with van der Waals surface area (Å²) in [7, 11) is 0. The molecule has 0 radical (unpaired) electrons. The van der Waals surface area contributed by atoms with Crippen molar-refractivity contribution >= 4 is 0 Å². The Kier molecular flexibility index (Phi) is 13.4. The van der Waals surface area contributed by atoms with E-state index in [1.807, 2.05) is 13.8 Å². The van der Waals surface area contributed by atoms with Gasteiger partial charge in [0.2, 0.25) is 0 Å². The summed E-state index contributed by atoms with van der Waals surface area (Å²) in [6, 6.07) is 0. The van der Waals surface area contributed by atoms with Gasteiger partial charge in [-0.15, -0.1) is 11.8 Å². The average Bonchev–Trinajstić information content (AvgIpc) is 1.41. The van der Waals surface area contributed by atoms with Crippen LogP contribution in [0.15, 0.2) is 0 Å². The van der Waals surface area contributed by atoms with E-state index < -0.39 is 0 Å². The van der Waals surface area contributed by atoms with Crippen molar-refractivity contribution in [1.82, 2.24) is 0 Å². The molecule has 0 fully saturated rings. The SMILES string of the molecule is C.CC#CCC. The van der Waals surface area contributed by atoms with Crippen LogP contribution in [0.3, 0.4) is 0 Å². The summed E-state index contributed by atoms with van der Waals surface area (Å²) in [6.07, 6.45) is 0.983. The molecule has 0 bridgehead atoms. The second kappa shape index (κ2) is 8.82. The molecule has 0 aromatic heterocycles. The molecule has 0 nitrogen and oxygen atoms in total. The van der Waals surface area contributed by atoms with Crippen LogP contribution in [0.4, 0.5) is 0 Å². The fourth-order valence-electron chi connectivity index (χ4n) is 0.177. The topological polar surface area (TPSA) is 0 Å². The van der Waals surface area contributed by atoms with Gasteiger partial charge in [0.15, 0.2) is 0 Å². The minimum absolute atomic E-state index is 0. The van der Waals surface area contributed by atoms with Crippen molar-refractivity contribution in [2.24, 2.45) is 0 Å². The van der Waals surface area contributed by atoms with Gasteiger partial charge in [0.25, 0.3) is 0 Å². The van der Waals surface area contributed by atoms with Gasteiger partial charge in [-0.25, -0.2) is 0 Å². The first-order valence-corrected chi connectivity index (χ1v) is 1.81. The van der Waals surface area contributed by atoms with Gasteiger partial charge < -0.3 is 0 Å². The lowest BCUT2D eigenvalue weighted by molar-refractivity contribution is 1.28. The molecule has 0 aromatic carbocycles. The van der Waals surface area contributed by atoms with Crippen molar-refractivity contribution in [3.63, 3.8) is 0 Å². The maximum absolute atomic E-state index is 2.86. The predicted molar refractivity (Wildman–Crippen MR) is 30.5 cm³/mol. The molecule has 0 atom stereocenters. The van der Waals surface area contributed by atoms with Gasteiger partial charge in [0.05, 0.1) is 0 Å². The van der Waals surface area contributed by atoms with Gasteiger partial charge >= 0.3 is 0 Å². The summed E-state index contributed by atoms with van der Waals surface area (Å²) in [5, 5.41) is 0. The third kappa shape index (κ3) is 9.59. The smallest absolute Gasteiger partial charge is 0.00601 e. The molecule has 0 aliphatic carbocycles. The average molecular weight is 84.2 g/mol. The van der Waals surface area contributed by atoms with E-state index in [1.165, 1.54) is 0 Å². The highest BCUT2D eigenvalue weighted by atomic mass is 13.5. The van der Waals surface area contributed by atoms with Crippen LogP contribution < -0.4 is 0 Å². The molecule has 0 rings (SSSR count). The van der Waals surface area contributed by atoms with E-state index in [-0.39, 0.29) is 7.43 Å². The minimum Gasteiger partial charge on any atom is -0.107 e. The van der Waals surface area contributed by atoms with Crippen molar-refractivity contribution in [2.75, 3.05) is 0 Å². The van der Waals surface area contributed by atoms with Gasteiger partial charge in [-0.3, -0.25) is 0 Å². The molecule has 0 spiro atoms. The van der Waals surface area contributed by atoms with Crippen LogP contribution in [0, 0.1) is 11.8 Å². The first-order valence-electron chi connectivity index (χ1n) is 1.81. The normalized spacial score (nSPS) is 4.33. The van der Waals surface area contributed by atoms with Crippen LogP contribution in [-0.2, 0) is 0 Å². The minimum atomic E-state index is 0. The molecule has 0 saturated carbocycles. The Balaban J connectivity index is 0.